The Morgan fingerprint density at radius 2 is 1.59 bits per heavy atom. The lowest BCUT2D eigenvalue weighted by Gasteiger charge is -2.08. The first kappa shape index (κ1) is 22.8. The van der Waals surface area contributed by atoms with Crippen molar-refractivity contribution in [3.05, 3.63) is 116 Å². The SMILES string of the molecule is O=C(O)c1ccc(C(=O)/C(=C\c2ccc(F)c([N+](=O)[O-])c2)SCc2ccc(F)cc2)cc1. The minimum Gasteiger partial charge on any atom is -0.478 e. The molecule has 0 aliphatic carbocycles. The Morgan fingerprint density at radius 3 is 2.19 bits per heavy atom. The minimum absolute atomic E-state index is 0.0141. The van der Waals surface area contributed by atoms with Gasteiger partial charge in [0.05, 0.1) is 15.4 Å². The number of hydrogen-bond donors (Lipinski definition) is 1. The number of benzene rings is 3. The van der Waals surface area contributed by atoms with Crippen molar-refractivity contribution in [3.8, 4) is 0 Å². The van der Waals surface area contributed by atoms with Crippen LogP contribution in [0, 0.1) is 21.7 Å². The Bertz CT molecular complexity index is 1210. The monoisotopic (exact) mass is 455 g/mol. The average Bonchev–Trinajstić information content (AvgIpc) is 2.78. The van der Waals surface area contributed by atoms with Crippen molar-refractivity contribution in [3.63, 3.8) is 0 Å². The van der Waals surface area contributed by atoms with E-state index in [2.05, 4.69) is 0 Å². The van der Waals surface area contributed by atoms with E-state index in [1.54, 1.807) is 12.1 Å². The first-order valence-electron chi connectivity index (χ1n) is 9.15. The summed E-state index contributed by atoms with van der Waals surface area (Å²) in [5, 5.41) is 20.1. The highest BCUT2D eigenvalue weighted by molar-refractivity contribution is 8.03. The fraction of sp³-hybridized carbons (Fsp3) is 0.0435. The second-order valence-corrected chi connectivity index (χ2v) is 7.62. The van der Waals surface area contributed by atoms with Gasteiger partial charge in [-0.25, -0.2) is 9.18 Å². The molecule has 0 spiro atoms. The number of rotatable bonds is 8. The number of carboxylic acids is 1. The topological polar surface area (TPSA) is 97.5 Å². The molecule has 3 rings (SSSR count). The molecule has 0 aliphatic rings. The van der Waals surface area contributed by atoms with Crippen LogP contribution in [0.3, 0.4) is 0 Å². The van der Waals surface area contributed by atoms with Gasteiger partial charge < -0.3 is 5.11 Å². The van der Waals surface area contributed by atoms with Crippen LogP contribution in [0.4, 0.5) is 14.5 Å². The first-order chi connectivity index (χ1) is 15.2. The molecule has 0 unspecified atom stereocenters. The highest BCUT2D eigenvalue weighted by Gasteiger charge is 2.17. The second-order valence-electron chi connectivity index (χ2n) is 6.60. The van der Waals surface area contributed by atoms with E-state index in [4.69, 9.17) is 5.11 Å². The van der Waals surface area contributed by atoms with Crippen molar-refractivity contribution in [2.45, 2.75) is 5.75 Å². The van der Waals surface area contributed by atoms with E-state index >= 15 is 0 Å². The zero-order valence-electron chi connectivity index (χ0n) is 16.3. The van der Waals surface area contributed by atoms with Gasteiger partial charge in [-0.1, -0.05) is 30.3 Å². The van der Waals surface area contributed by atoms with Crippen molar-refractivity contribution in [1.29, 1.82) is 0 Å². The van der Waals surface area contributed by atoms with E-state index < -0.39 is 34.0 Å². The quantitative estimate of drug-likeness (QED) is 0.202. The molecule has 32 heavy (non-hydrogen) atoms. The maximum Gasteiger partial charge on any atom is 0.335 e. The predicted octanol–water partition coefficient (Wildman–Crippen LogP) is 5.73. The van der Waals surface area contributed by atoms with Gasteiger partial charge in [-0.05, 0) is 47.5 Å². The van der Waals surface area contributed by atoms with Gasteiger partial charge in [-0.2, -0.15) is 4.39 Å². The van der Waals surface area contributed by atoms with Crippen molar-refractivity contribution >= 4 is 35.3 Å². The number of nitrogens with zero attached hydrogens (tertiary/aromatic N) is 1. The molecule has 6 nitrogen and oxygen atoms in total. The number of carboxylic acid groups (broad SMARTS) is 1. The Labute approximate surface area is 185 Å². The molecule has 162 valence electrons. The molecule has 3 aromatic rings. The van der Waals surface area contributed by atoms with E-state index in [0.717, 1.165) is 29.5 Å². The molecule has 0 amide bonds. The maximum absolute atomic E-state index is 13.7. The van der Waals surface area contributed by atoms with E-state index in [1.165, 1.54) is 48.5 Å². The molecule has 0 radical (unpaired) electrons. The van der Waals surface area contributed by atoms with Crippen LogP contribution in [-0.4, -0.2) is 21.8 Å². The molecule has 0 aliphatic heterocycles. The zero-order valence-corrected chi connectivity index (χ0v) is 17.1. The third-order valence-corrected chi connectivity index (χ3v) is 5.48. The van der Waals surface area contributed by atoms with Crippen molar-refractivity contribution in [2.75, 3.05) is 0 Å². The molecule has 0 atom stereocenters. The van der Waals surface area contributed by atoms with Gasteiger partial charge >= 0.3 is 11.7 Å². The van der Waals surface area contributed by atoms with Gasteiger partial charge in [0, 0.05) is 17.4 Å². The molecule has 0 fully saturated rings. The van der Waals surface area contributed by atoms with Gasteiger partial charge in [-0.15, -0.1) is 11.8 Å². The highest BCUT2D eigenvalue weighted by Crippen LogP contribution is 2.29. The lowest BCUT2D eigenvalue weighted by Crippen LogP contribution is -2.03. The van der Waals surface area contributed by atoms with Crippen LogP contribution in [-0.2, 0) is 5.75 Å². The van der Waals surface area contributed by atoms with E-state index in [-0.39, 0.29) is 21.6 Å². The van der Waals surface area contributed by atoms with Crippen LogP contribution in [0.1, 0.15) is 31.8 Å². The van der Waals surface area contributed by atoms with Crippen LogP contribution in [0.15, 0.2) is 71.6 Å². The van der Waals surface area contributed by atoms with E-state index in [1.807, 2.05) is 0 Å². The number of thioether (sulfide) groups is 1. The minimum atomic E-state index is -1.14. The van der Waals surface area contributed by atoms with Gasteiger partial charge in [-0.3, -0.25) is 14.9 Å². The smallest absolute Gasteiger partial charge is 0.335 e. The van der Waals surface area contributed by atoms with Gasteiger partial charge in [0.2, 0.25) is 5.82 Å². The highest BCUT2D eigenvalue weighted by atomic mass is 32.2. The van der Waals surface area contributed by atoms with E-state index in [9.17, 15) is 28.5 Å². The third-order valence-electron chi connectivity index (χ3n) is 4.39. The summed E-state index contributed by atoms with van der Waals surface area (Å²) in [6.07, 6.45) is 1.40. The lowest BCUT2D eigenvalue weighted by atomic mass is 10.1. The Balaban J connectivity index is 1.96. The average molecular weight is 455 g/mol. The molecule has 0 aromatic heterocycles. The van der Waals surface area contributed by atoms with E-state index in [0.29, 0.717) is 5.75 Å². The molecule has 0 bridgehead atoms. The standard InChI is InChI=1S/C23H15F2NO5S/c24-18-8-1-14(2-9-18)13-32-21(12-15-3-10-19(25)20(11-15)26(30)31)22(27)16-4-6-17(7-5-16)23(28)29/h1-12H,13H2,(H,28,29)/b21-12+. The number of carbonyl (C=O) groups excluding carboxylic acids is 1. The van der Waals surface area contributed by atoms with Gasteiger partial charge in [0.15, 0.2) is 5.78 Å². The number of ketones is 1. The fourth-order valence-corrected chi connectivity index (χ4v) is 3.71. The predicted molar refractivity (Wildman–Crippen MR) is 116 cm³/mol. The Morgan fingerprint density at radius 1 is 0.969 bits per heavy atom. The molecule has 0 saturated heterocycles. The van der Waals surface area contributed by atoms with Crippen molar-refractivity contribution in [1.82, 2.24) is 0 Å². The maximum atomic E-state index is 13.7. The van der Waals surface area contributed by atoms with Gasteiger partial charge in [0.1, 0.15) is 5.82 Å². The molecule has 1 N–H and O–H groups in total. The summed E-state index contributed by atoms with van der Waals surface area (Å²) >= 11 is 1.12. The molecule has 0 heterocycles. The van der Waals surface area contributed by atoms with Crippen molar-refractivity contribution < 1.29 is 28.4 Å². The number of carbonyl (C=O) groups is 2. The summed E-state index contributed by atoms with van der Waals surface area (Å²) in [5.41, 5.74) is 0.487. The van der Waals surface area contributed by atoms with Crippen LogP contribution in [0.25, 0.3) is 6.08 Å². The largest absolute Gasteiger partial charge is 0.478 e. The van der Waals surface area contributed by atoms with Gasteiger partial charge in [0.25, 0.3) is 0 Å². The number of hydrogen-bond acceptors (Lipinski definition) is 5. The summed E-state index contributed by atoms with van der Waals surface area (Å²) in [4.78, 5) is 34.5. The molecule has 9 heteroatoms. The van der Waals surface area contributed by atoms with Crippen molar-refractivity contribution in [2.24, 2.45) is 0 Å². The Kier molecular flexibility index (Phi) is 7.11. The fourth-order valence-electron chi connectivity index (χ4n) is 2.73. The zero-order chi connectivity index (χ0) is 23.3. The lowest BCUT2D eigenvalue weighted by molar-refractivity contribution is -0.387. The normalized spacial score (nSPS) is 11.2. The number of Topliss-reactive ketones (excluding diaryl/α,β-unsaturated/α-hetero) is 1. The van der Waals surface area contributed by atoms with Crippen LogP contribution in [0.2, 0.25) is 0 Å². The molecular formula is C23H15F2NO5S. The number of halogens is 2. The Hall–Kier alpha value is -3.85. The summed E-state index contributed by atoms with van der Waals surface area (Å²) in [6, 6.07) is 14.3. The number of aromatic carboxylic acids is 1. The van der Waals surface area contributed by atoms with Crippen LogP contribution in [0.5, 0.6) is 0 Å². The molecule has 0 saturated carbocycles. The molecule has 3 aromatic carbocycles. The number of nitro benzene ring substituents is 1. The summed E-state index contributed by atoms with van der Waals surface area (Å²) < 4.78 is 26.8. The van der Waals surface area contributed by atoms with Crippen LogP contribution >= 0.6 is 11.8 Å². The number of nitro groups is 1. The second kappa shape index (κ2) is 9.97. The summed E-state index contributed by atoms with van der Waals surface area (Å²) in [7, 11) is 0. The first-order valence-corrected chi connectivity index (χ1v) is 10.1. The third kappa shape index (κ3) is 5.64. The number of allylic oxidation sites excluding steroid dienone is 1. The molecular weight excluding hydrogens is 440 g/mol. The summed E-state index contributed by atoms with van der Waals surface area (Å²) in [6.45, 7) is 0. The van der Waals surface area contributed by atoms with Crippen LogP contribution < -0.4 is 0 Å². The summed E-state index contributed by atoms with van der Waals surface area (Å²) in [5.74, 6) is -2.68.